The van der Waals surface area contributed by atoms with Crippen LogP contribution >= 0.6 is 11.6 Å². The van der Waals surface area contributed by atoms with Gasteiger partial charge < -0.3 is 15.2 Å². The van der Waals surface area contributed by atoms with E-state index in [-0.39, 0.29) is 22.2 Å². The second kappa shape index (κ2) is 6.33. The molecule has 1 atom stereocenters. The molecule has 20 heavy (non-hydrogen) atoms. The average molecular weight is 300 g/mol. The normalized spacial score (nSPS) is 12.0. The summed E-state index contributed by atoms with van der Waals surface area (Å²) < 4.78 is 0. The Morgan fingerprint density at radius 3 is 2.35 bits per heavy atom. The first kappa shape index (κ1) is 15.9. The van der Waals surface area contributed by atoms with Crippen LogP contribution in [0.1, 0.15) is 24.2 Å². The van der Waals surface area contributed by atoms with Gasteiger partial charge in [-0.2, -0.15) is 0 Å². The van der Waals surface area contributed by atoms with Crippen LogP contribution in [-0.2, 0) is 4.79 Å². The molecule has 0 aliphatic rings. The van der Waals surface area contributed by atoms with Gasteiger partial charge in [0.2, 0.25) is 0 Å². The Morgan fingerprint density at radius 2 is 1.95 bits per heavy atom. The maximum absolute atomic E-state index is 11.9. The first-order valence-electron chi connectivity index (χ1n) is 5.69. The molecule has 1 amide bonds. The zero-order valence-corrected chi connectivity index (χ0v) is 11.5. The van der Waals surface area contributed by atoms with Gasteiger partial charge in [0.05, 0.1) is 27.5 Å². The summed E-state index contributed by atoms with van der Waals surface area (Å²) in [5.74, 6) is -2.51. The number of carbonyl (C=O) groups excluding carboxylic acids is 2. The van der Waals surface area contributed by atoms with Gasteiger partial charge >= 0.3 is 0 Å². The molecule has 0 saturated carbocycles. The highest BCUT2D eigenvalue weighted by atomic mass is 35.5. The van der Waals surface area contributed by atoms with Crippen LogP contribution in [0.5, 0.6) is 0 Å². The quantitative estimate of drug-likeness (QED) is 0.637. The maximum Gasteiger partial charge on any atom is 0.270 e. The molecule has 0 aromatic heterocycles. The minimum Gasteiger partial charge on any atom is -0.548 e. The van der Waals surface area contributed by atoms with Crippen molar-refractivity contribution in [3.63, 3.8) is 0 Å². The number of halogens is 1. The van der Waals surface area contributed by atoms with Crippen molar-refractivity contribution >= 4 is 29.2 Å². The summed E-state index contributed by atoms with van der Waals surface area (Å²) in [6, 6.07) is 2.14. The molecule has 0 bridgehead atoms. The van der Waals surface area contributed by atoms with Crippen LogP contribution in [0.4, 0.5) is 5.69 Å². The summed E-state index contributed by atoms with van der Waals surface area (Å²) in [6.45, 7) is 3.22. The smallest absolute Gasteiger partial charge is 0.270 e. The van der Waals surface area contributed by atoms with Crippen LogP contribution in [0, 0.1) is 16.0 Å². The van der Waals surface area contributed by atoms with E-state index in [1.54, 1.807) is 13.8 Å². The molecule has 0 spiro atoms. The Labute approximate surface area is 119 Å². The third-order valence-electron chi connectivity index (χ3n) is 2.62. The van der Waals surface area contributed by atoms with Crippen LogP contribution in [-0.4, -0.2) is 22.8 Å². The number of benzene rings is 1. The summed E-state index contributed by atoms with van der Waals surface area (Å²) >= 11 is 5.78. The van der Waals surface area contributed by atoms with Crippen molar-refractivity contribution in [1.82, 2.24) is 5.32 Å². The van der Waals surface area contributed by atoms with Gasteiger partial charge in [-0.25, -0.2) is 0 Å². The average Bonchev–Trinajstić information content (AvgIpc) is 2.34. The molecule has 0 fully saturated rings. The topological polar surface area (TPSA) is 112 Å². The zero-order valence-electron chi connectivity index (χ0n) is 10.8. The number of nitrogens with zero attached hydrogens (tertiary/aromatic N) is 1. The Balaban J connectivity index is 2.98. The zero-order chi connectivity index (χ0) is 15.4. The Bertz CT molecular complexity index is 559. The van der Waals surface area contributed by atoms with Gasteiger partial charge in [0.25, 0.3) is 11.6 Å². The van der Waals surface area contributed by atoms with Gasteiger partial charge in [0, 0.05) is 12.1 Å². The molecule has 1 aromatic carbocycles. The summed E-state index contributed by atoms with van der Waals surface area (Å²) in [5.41, 5.74) is -0.295. The van der Waals surface area contributed by atoms with Gasteiger partial charge in [-0.3, -0.25) is 14.9 Å². The van der Waals surface area contributed by atoms with E-state index in [0.717, 1.165) is 12.1 Å². The fraction of sp³-hybridized carbons (Fsp3) is 0.333. The fourth-order valence-electron chi connectivity index (χ4n) is 1.52. The molecule has 1 aromatic rings. The van der Waals surface area contributed by atoms with E-state index in [1.165, 1.54) is 6.07 Å². The van der Waals surface area contributed by atoms with Gasteiger partial charge in [0.1, 0.15) is 0 Å². The predicted octanol–water partition coefficient (Wildman–Crippen LogP) is 0.752. The number of hydrogen-bond donors (Lipinski definition) is 1. The van der Waals surface area contributed by atoms with Crippen LogP contribution < -0.4 is 10.4 Å². The number of carbonyl (C=O) groups is 2. The molecular formula is C12H12ClN2O5-. The number of rotatable bonds is 5. The highest BCUT2D eigenvalue weighted by Gasteiger charge is 2.21. The molecular weight excluding hydrogens is 288 g/mol. The second-order valence-electron chi connectivity index (χ2n) is 4.44. The van der Waals surface area contributed by atoms with Gasteiger partial charge in [-0.15, -0.1) is 0 Å². The van der Waals surface area contributed by atoms with Crippen molar-refractivity contribution in [2.24, 2.45) is 5.92 Å². The lowest BCUT2D eigenvalue weighted by atomic mass is 10.0. The predicted molar refractivity (Wildman–Crippen MR) is 69.2 cm³/mol. The number of aliphatic carboxylic acids is 1. The Kier molecular flexibility index (Phi) is 5.04. The lowest BCUT2D eigenvalue weighted by Crippen LogP contribution is -2.50. The molecule has 0 heterocycles. The van der Waals surface area contributed by atoms with E-state index in [9.17, 15) is 24.8 Å². The summed E-state index contributed by atoms with van der Waals surface area (Å²) in [4.78, 5) is 32.7. The van der Waals surface area contributed by atoms with Gasteiger partial charge in [-0.1, -0.05) is 25.4 Å². The largest absolute Gasteiger partial charge is 0.548 e. The molecule has 0 aliphatic heterocycles. The number of nitro benzene ring substituents is 1. The lowest BCUT2D eigenvalue weighted by molar-refractivity contribution is -0.384. The third kappa shape index (κ3) is 3.67. The third-order valence-corrected chi connectivity index (χ3v) is 2.93. The first-order chi connectivity index (χ1) is 9.23. The Hall–Kier alpha value is -2.15. The van der Waals surface area contributed by atoms with Crippen molar-refractivity contribution in [2.75, 3.05) is 0 Å². The molecule has 8 heteroatoms. The highest BCUT2D eigenvalue weighted by molar-refractivity contribution is 6.34. The van der Waals surface area contributed by atoms with E-state index >= 15 is 0 Å². The fourth-order valence-corrected chi connectivity index (χ4v) is 1.78. The number of carboxylic acids is 1. The minimum absolute atomic E-state index is 0.0378. The van der Waals surface area contributed by atoms with E-state index < -0.39 is 22.8 Å². The number of carboxylic acid groups (broad SMARTS) is 1. The van der Waals surface area contributed by atoms with E-state index in [1.807, 2.05) is 0 Å². The van der Waals surface area contributed by atoms with Crippen molar-refractivity contribution in [1.29, 1.82) is 0 Å². The van der Waals surface area contributed by atoms with Crippen LogP contribution in [0.3, 0.4) is 0 Å². The van der Waals surface area contributed by atoms with Gasteiger partial charge in [0.15, 0.2) is 0 Å². The Morgan fingerprint density at radius 1 is 1.35 bits per heavy atom. The van der Waals surface area contributed by atoms with Crippen molar-refractivity contribution < 1.29 is 19.6 Å². The van der Waals surface area contributed by atoms with Crippen molar-refractivity contribution in [3.8, 4) is 0 Å². The van der Waals surface area contributed by atoms with E-state index in [0.29, 0.717) is 0 Å². The lowest BCUT2D eigenvalue weighted by Gasteiger charge is -2.23. The number of nitro groups is 1. The van der Waals surface area contributed by atoms with E-state index in [4.69, 9.17) is 11.6 Å². The molecule has 0 radical (unpaired) electrons. The number of non-ortho nitro benzene ring substituents is 1. The summed E-state index contributed by atoms with van der Waals surface area (Å²) in [6.07, 6.45) is 0. The molecule has 0 aliphatic carbocycles. The van der Waals surface area contributed by atoms with Gasteiger partial charge in [-0.05, 0) is 12.0 Å². The van der Waals surface area contributed by atoms with E-state index in [2.05, 4.69) is 5.32 Å². The van der Waals surface area contributed by atoms with Crippen molar-refractivity contribution in [3.05, 3.63) is 38.9 Å². The van der Waals surface area contributed by atoms with Crippen LogP contribution in [0.2, 0.25) is 5.02 Å². The maximum atomic E-state index is 11.9. The SMILES string of the molecule is CC(C)[C@@H](NC(=O)c1ccc([N+](=O)[O-])cc1Cl)C(=O)[O-]. The number of nitrogens with one attached hydrogen (secondary N) is 1. The monoisotopic (exact) mass is 299 g/mol. The van der Waals surface area contributed by atoms with Crippen LogP contribution in [0.25, 0.3) is 0 Å². The number of hydrogen-bond acceptors (Lipinski definition) is 5. The molecule has 0 saturated heterocycles. The standard InChI is InChI=1S/C12H13ClN2O5/c1-6(2)10(12(17)18)14-11(16)8-4-3-7(15(19)20)5-9(8)13/h3-6,10H,1-2H3,(H,14,16)(H,17,18)/p-1/t10-/m1/s1. The molecule has 7 nitrogen and oxygen atoms in total. The molecule has 108 valence electrons. The summed E-state index contributed by atoms with van der Waals surface area (Å²) in [5, 5.41) is 23.6. The number of amides is 1. The van der Waals surface area contributed by atoms with Crippen molar-refractivity contribution in [2.45, 2.75) is 19.9 Å². The molecule has 1 rings (SSSR count). The molecule has 1 N–H and O–H groups in total. The highest BCUT2D eigenvalue weighted by Crippen LogP contribution is 2.22. The minimum atomic E-state index is -1.41. The van der Waals surface area contributed by atoms with Crippen LogP contribution in [0.15, 0.2) is 18.2 Å². The first-order valence-corrected chi connectivity index (χ1v) is 6.07. The second-order valence-corrected chi connectivity index (χ2v) is 4.84. The summed E-state index contributed by atoms with van der Waals surface area (Å²) in [7, 11) is 0. The molecule has 0 unspecified atom stereocenters.